The number of hydrogen-bond acceptors (Lipinski definition) is 5. The third kappa shape index (κ3) is 3.53. The Morgan fingerprint density at radius 2 is 2.24 bits per heavy atom. The lowest BCUT2D eigenvalue weighted by Gasteiger charge is -2.41. The summed E-state index contributed by atoms with van der Waals surface area (Å²) in [5.74, 6) is -0.480. The summed E-state index contributed by atoms with van der Waals surface area (Å²) in [4.78, 5) is 26.9. The smallest absolute Gasteiger partial charge is 0.243 e. The first-order chi connectivity index (χ1) is 9.97. The standard InChI is InChI=1S/C14H20BrN3O2S/c1-3-9(16)13(11-5-8(15)7-21-11)18-6-12(19)17-14(20)10(18)4-2/h5,7,9-10,13H,3-4,6,16H2,1-2H3,(H,17,19,20). The topological polar surface area (TPSA) is 75.4 Å². The number of thiophene rings is 1. The summed E-state index contributed by atoms with van der Waals surface area (Å²) >= 11 is 5.05. The molecule has 0 aromatic carbocycles. The minimum Gasteiger partial charge on any atom is -0.326 e. The van der Waals surface area contributed by atoms with Crippen LogP contribution < -0.4 is 11.1 Å². The number of imide groups is 1. The molecule has 1 aliphatic heterocycles. The Morgan fingerprint density at radius 1 is 1.52 bits per heavy atom. The minimum absolute atomic E-state index is 0.119. The summed E-state index contributed by atoms with van der Waals surface area (Å²) in [7, 11) is 0. The number of rotatable bonds is 5. The first-order valence-corrected chi connectivity index (χ1v) is 8.74. The van der Waals surface area contributed by atoms with Crippen molar-refractivity contribution in [3.63, 3.8) is 0 Å². The molecule has 3 atom stereocenters. The van der Waals surface area contributed by atoms with Crippen molar-refractivity contribution in [2.75, 3.05) is 6.54 Å². The second-order valence-corrected chi connectivity index (χ2v) is 7.05. The van der Waals surface area contributed by atoms with Gasteiger partial charge in [0.15, 0.2) is 0 Å². The van der Waals surface area contributed by atoms with Crippen LogP contribution in [-0.4, -0.2) is 35.3 Å². The average molecular weight is 374 g/mol. The van der Waals surface area contributed by atoms with E-state index < -0.39 is 0 Å². The zero-order chi connectivity index (χ0) is 15.6. The van der Waals surface area contributed by atoms with Crippen LogP contribution in [0.5, 0.6) is 0 Å². The molecular formula is C14H20BrN3O2S. The van der Waals surface area contributed by atoms with E-state index in [2.05, 4.69) is 21.2 Å². The Labute approximate surface area is 137 Å². The van der Waals surface area contributed by atoms with Crippen LogP contribution in [0.15, 0.2) is 15.9 Å². The van der Waals surface area contributed by atoms with E-state index in [-0.39, 0.29) is 36.5 Å². The van der Waals surface area contributed by atoms with E-state index in [1.54, 1.807) is 11.3 Å². The van der Waals surface area contributed by atoms with Gasteiger partial charge >= 0.3 is 0 Å². The van der Waals surface area contributed by atoms with Crippen molar-refractivity contribution in [2.24, 2.45) is 5.73 Å². The fourth-order valence-corrected chi connectivity index (χ4v) is 4.37. The molecule has 1 aromatic heterocycles. The highest BCUT2D eigenvalue weighted by Crippen LogP contribution is 2.34. The molecule has 2 heterocycles. The van der Waals surface area contributed by atoms with Crippen molar-refractivity contribution in [1.82, 2.24) is 10.2 Å². The van der Waals surface area contributed by atoms with Crippen LogP contribution in [0.25, 0.3) is 0 Å². The molecule has 0 saturated carbocycles. The largest absolute Gasteiger partial charge is 0.326 e. The molecule has 1 fully saturated rings. The molecular weight excluding hydrogens is 354 g/mol. The number of nitrogens with zero attached hydrogens (tertiary/aromatic N) is 1. The molecule has 2 rings (SSSR count). The number of carbonyl (C=O) groups is 2. The fourth-order valence-electron chi connectivity index (χ4n) is 2.73. The molecule has 7 heteroatoms. The summed E-state index contributed by atoms with van der Waals surface area (Å²) in [5.41, 5.74) is 6.30. The Morgan fingerprint density at radius 3 is 2.76 bits per heavy atom. The molecule has 1 saturated heterocycles. The molecule has 0 aliphatic carbocycles. The highest BCUT2D eigenvalue weighted by molar-refractivity contribution is 9.10. The van der Waals surface area contributed by atoms with Crippen molar-refractivity contribution in [2.45, 2.75) is 44.8 Å². The zero-order valence-electron chi connectivity index (χ0n) is 12.1. The zero-order valence-corrected chi connectivity index (χ0v) is 14.5. The Hall–Kier alpha value is -0.760. The Balaban J connectivity index is 2.38. The highest BCUT2D eigenvalue weighted by atomic mass is 79.9. The van der Waals surface area contributed by atoms with Crippen molar-refractivity contribution < 1.29 is 9.59 Å². The van der Waals surface area contributed by atoms with Gasteiger partial charge < -0.3 is 5.73 Å². The van der Waals surface area contributed by atoms with Gasteiger partial charge in [-0.2, -0.15) is 0 Å². The maximum Gasteiger partial charge on any atom is 0.243 e. The number of piperazine rings is 1. The maximum absolute atomic E-state index is 12.1. The predicted octanol–water partition coefficient (Wildman–Crippen LogP) is 2.03. The van der Waals surface area contributed by atoms with Gasteiger partial charge in [0.2, 0.25) is 11.8 Å². The van der Waals surface area contributed by atoms with Crippen molar-refractivity contribution in [3.8, 4) is 0 Å². The monoisotopic (exact) mass is 373 g/mol. The second-order valence-electron chi connectivity index (χ2n) is 5.19. The molecule has 0 radical (unpaired) electrons. The lowest BCUT2D eigenvalue weighted by Crippen LogP contribution is -2.60. The van der Waals surface area contributed by atoms with Crippen LogP contribution >= 0.6 is 27.3 Å². The van der Waals surface area contributed by atoms with Crippen LogP contribution in [0, 0.1) is 0 Å². The van der Waals surface area contributed by atoms with Gasteiger partial charge in [-0.25, -0.2) is 0 Å². The van der Waals surface area contributed by atoms with Crippen LogP contribution in [0.3, 0.4) is 0 Å². The van der Waals surface area contributed by atoms with Gasteiger partial charge in [0, 0.05) is 20.8 Å². The Kier molecular flexibility index (Phi) is 5.54. The molecule has 116 valence electrons. The van der Waals surface area contributed by atoms with E-state index >= 15 is 0 Å². The minimum atomic E-state index is -0.314. The van der Waals surface area contributed by atoms with Crippen LogP contribution in [0.1, 0.15) is 37.6 Å². The van der Waals surface area contributed by atoms with E-state index in [1.165, 1.54) is 0 Å². The molecule has 21 heavy (non-hydrogen) atoms. The molecule has 0 bridgehead atoms. The number of nitrogens with one attached hydrogen (secondary N) is 1. The van der Waals surface area contributed by atoms with E-state index in [4.69, 9.17) is 5.73 Å². The molecule has 0 spiro atoms. The normalized spacial score (nSPS) is 23.0. The Bertz CT molecular complexity index is 534. The second kappa shape index (κ2) is 7.00. The summed E-state index contributed by atoms with van der Waals surface area (Å²) in [6.45, 7) is 4.18. The maximum atomic E-state index is 12.1. The van der Waals surface area contributed by atoms with Crippen molar-refractivity contribution in [3.05, 3.63) is 20.8 Å². The van der Waals surface area contributed by atoms with Crippen LogP contribution in [-0.2, 0) is 9.59 Å². The number of amides is 2. The van der Waals surface area contributed by atoms with Gasteiger partial charge in [0.05, 0.1) is 18.6 Å². The lowest BCUT2D eigenvalue weighted by molar-refractivity contribution is -0.142. The van der Waals surface area contributed by atoms with Gasteiger partial charge in [0.1, 0.15) is 0 Å². The van der Waals surface area contributed by atoms with Gasteiger partial charge in [-0.1, -0.05) is 13.8 Å². The van der Waals surface area contributed by atoms with E-state index in [0.717, 1.165) is 15.8 Å². The highest BCUT2D eigenvalue weighted by Gasteiger charge is 2.39. The summed E-state index contributed by atoms with van der Waals surface area (Å²) in [6.07, 6.45) is 1.43. The number of carbonyl (C=O) groups excluding carboxylic acids is 2. The molecule has 2 amide bonds. The van der Waals surface area contributed by atoms with Crippen molar-refractivity contribution >= 4 is 39.1 Å². The summed E-state index contributed by atoms with van der Waals surface area (Å²) < 4.78 is 0.997. The number of nitrogens with two attached hydrogens (primary N) is 1. The van der Waals surface area contributed by atoms with E-state index in [0.29, 0.717) is 6.42 Å². The molecule has 5 nitrogen and oxygen atoms in total. The third-order valence-electron chi connectivity index (χ3n) is 3.79. The fraction of sp³-hybridized carbons (Fsp3) is 0.571. The number of hydrogen-bond donors (Lipinski definition) is 2. The average Bonchev–Trinajstić information content (AvgIpc) is 2.84. The lowest BCUT2D eigenvalue weighted by atomic mass is 9.98. The molecule has 1 aliphatic rings. The first kappa shape index (κ1) is 16.6. The number of halogens is 1. The molecule has 3 unspecified atom stereocenters. The van der Waals surface area contributed by atoms with Crippen molar-refractivity contribution in [1.29, 1.82) is 0 Å². The van der Waals surface area contributed by atoms with Gasteiger partial charge in [-0.15, -0.1) is 11.3 Å². The van der Waals surface area contributed by atoms with Gasteiger partial charge in [-0.3, -0.25) is 19.8 Å². The van der Waals surface area contributed by atoms with E-state index in [1.807, 2.05) is 30.2 Å². The van der Waals surface area contributed by atoms with E-state index in [9.17, 15) is 9.59 Å². The first-order valence-electron chi connectivity index (χ1n) is 7.06. The SMILES string of the molecule is CCC(N)C(c1cc(Br)cs1)N1CC(=O)NC(=O)C1CC. The predicted molar refractivity (Wildman–Crippen MR) is 87.0 cm³/mol. The molecule has 3 N–H and O–H groups in total. The summed E-state index contributed by atoms with van der Waals surface area (Å²) in [5, 5.41) is 4.41. The molecule has 1 aromatic rings. The van der Waals surface area contributed by atoms with Crippen LogP contribution in [0.2, 0.25) is 0 Å². The van der Waals surface area contributed by atoms with Crippen LogP contribution in [0.4, 0.5) is 0 Å². The quantitative estimate of drug-likeness (QED) is 0.774. The summed E-state index contributed by atoms with van der Waals surface area (Å²) in [6, 6.07) is 1.47. The third-order valence-corrected chi connectivity index (χ3v) is 5.56. The van der Waals surface area contributed by atoms with Gasteiger partial charge in [0.25, 0.3) is 0 Å². The van der Waals surface area contributed by atoms with Gasteiger partial charge in [-0.05, 0) is 34.8 Å².